The number of Topliss-reactive ketones (excluding diaryl/α,β-unsaturated/α-hetero) is 3. The number of phenols is 2. The number of benzene rings is 1. The maximum atomic E-state index is 13.8. The average molecular weight is 573 g/mol. The second-order valence-electron chi connectivity index (χ2n) is 12.3. The number of ketones is 3. The number of ether oxygens (including phenoxy) is 2. The standard InChI is InChI=1S/C31H44N2O8/c1-20(13-24(34)18-33-9-11-40-12-10-33)30(39)32-25(15-22-7-8-26(35)28(37)16-22)27(36)17-23(14-21-5-3-4-6-21)29(38)31(2)19-41-31/h7-8,16,20-21,23,25,35,37H,3-6,9-15,17-19H2,1-2H3,(H,32,39). The van der Waals surface area contributed by atoms with Crippen molar-refractivity contribution in [2.75, 3.05) is 39.5 Å². The Balaban J connectivity index is 1.44. The van der Waals surface area contributed by atoms with Crippen molar-refractivity contribution in [1.82, 2.24) is 10.2 Å². The van der Waals surface area contributed by atoms with Gasteiger partial charge in [0.05, 0.1) is 32.4 Å². The van der Waals surface area contributed by atoms with Gasteiger partial charge in [-0.15, -0.1) is 0 Å². The van der Waals surface area contributed by atoms with Crippen LogP contribution in [0.5, 0.6) is 11.5 Å². The monoisotopic (exact) mass is 572 g/mol. The zero-order chi connectivity index (χ0) is 29.6. The quantitative estimate of drug-likeness (QED) is 0.213. The number of morpholine rings is 1. The SMILES string of the molecule is CC(CC(=O)CN1CCOCC1)C(=O)NC(Cc1ccc(O)c(O)c1)C(=O)CC(CC1CCCC1)C(=O)C1(C)CO1. The summed E-state index contributed by atoms with van der Waals surface area (Å²) < 4.78 is 10.8. The third-order valence-corrected chi connectivity index (χ3v) is 8.68. The minimum Gasteiger partial charge on any atom is -0.504 e. The summed E-state index contributed by atoms with van der Waals surface area (Å²) in [6.45, 7) is 6.53. The van der Waals surface area contributed by atoms with E-state index in [1.807, 2.05) is 4.90 Å². The van der Waals surface area contributed by atoms with Crippen molar-refractivity contribution in [3.05, 3.63) is 23.8 Å². The van der Waals surface area contributed by atoms with E-state index in [1.54, 1.807) is 19.9 Å². The van der Waals surface area contributed by atoms with Crippen LogP contribution in [0.3, 0.4) is 0 Å². The molecule has 0 aromatic heterocycles. The van der Waals surface area contributed by atoms with Crippen LogP contribution in [0.2, 0.25) is 0 Å². The molecule has 10 nitrogen and oxygen atoms in total. The van der Waals surface area contributed by atoms with Gasteiger partial charge < -0.3 is 25.0 Å². The summed E-state index contributed by atoms with van der Waals surface area (Å²) in [5, 5.41) is 22.6. The van der Waals surface area contributed by atoms with Gasteiger partial charge in [0.25, 0.3) is 0 Å². The first-order valence-electron chi connectivity index (χ1n) is 14.9. The maximum Gasteiger partial charge on any atom is 0.223 e. The molecule has 4 unspecified atom stereocenters. The summed E-state index contributed by atoms with van der Waals surface area (Å²) in [7, 11) is 0. The maximum absolute atomic E-state index is 13.8. The Hall–Kier alpha value is -2.82. The molecule has 2 heterocycles. The molecule has 4 atom stereocenters. The number of aromatic hydroxyl groups is 2. The van der Waals surface area contributed by atoms with Crippen molar-refractivity contribution in [2.45, 2.75) is 76.9 Å². The molecule has 1 aliphatic carbocycles. The van der Waals surface area contributed by atoms with Gasteiger partial charge in [0.1, 0.15) is 11.4 Å². The molecule has 2 aliphatic heterocycles. The third kappa shape index (κ3) is 8.83. The molecule has 0 radical (unpaired) electrons. The Morgan fingerprint density at radius 3 is 2.39 bits per heavy atom. The van der Waals surface area contributed by atoms with Crippen LogP contribution in [0.4, 0.5) is 0 Å². The van der Waals surface area contributed by atoms with E-state index >= 15 is 0 Å². The normalized spacial score (nSPS) is 23.5. The smallest absolute Gasteiger partial charge is 0.223 e. The summed E-state index contributed by atoms with van der Waals surface area (Å²) in [4.78, 5) is 55.0. The Morgan fingerprint density at radius 2 is 1.76 bits per heavy atom. The molecule has 2 saturated heterocycles. The highest BCUT2D eigenvalue weighted by Gasteiger charge is 2.50. The van der Waals surface area contributed by atoms with E-state index in [9.17, 15) is 29.4 Å². The number of nitrogens with zero attached hydrogens (tertiary/aromatic N) is 1. The lowest BCUT2D eigenvalue weighted by atomic mass is 9.81. The van der Waals surface area contributed by atoms with Crippen LogP contribution in [0, 0.1) is 17.8 Å². The van der Waals surface area contributed by atoms with E-state index in [4.69, 9.17) is 9.47 Å². The van der Waals surface area contributed by atoms with Gasteiger partial charge in [0.2, 0.25) is 5.91 Å². The average Bonchev–Trinajstić information content (AvgIpc) is 3.48. The van der Waals surface area contributed by atoms with Crippen LogP contribution in [0.1, 0.15) is 64.4 Å². The fraction of sp³-hybridized carbons (Fsp3) is 0.677. The number of rotatable bonds is 15. The van der Waals surface area contributed by atoms with Crippen LogP contribution in [-0.2, 0) is 35.1 Å². The van der Waals surface area contributed by atoms with Gasteiger partial charge in [-0.1, -0.05) is 38.7 Å². The molecule has 41 heavy (non-hydrogen) atoms. The molecule has 1 amide bonds. The topological polar surface area (TPSA) is 146 Å². The van der Waals surface area contributed by atoms with Crippen LogP contribution in [0.25, 0.3) is 0 Å². The summed E-state index contributed by atoms with van der Waals surface area (Å²) in [5.41, 5.74) is -0.299. The highest BCUT2D eigenvalue weighted by molar-refractivity contribution is 5.97. The van der Waals surface area contributed by atoms with Gasteiger partial charge in [0.15, 0.2) is 23.1 Å². The number of hydrogen-bond acceptors (Lipinski definition) is 9. The number of amides is 1. The molecule has 226 valence electrons. The minimum absolute atomic E-state index is 0.0202. The molecule has 0 spiro atoms. The van der Waals surface area contributed by atoms with Crippen molar-refractivity contribution in [3.63, 3.8) is 0 Å². The van der Waals surface area contributed by atoms with E-state index in [1.165, 1.54) is 12.1 Å². The summed E-state index contributed by atoms with van der Waals surface area (Å²) in [6, 6.07) is 3.31. The van der Waals surface area contributed by atoms with E-state index in [-0.39, 0.29) is 54.7 Å². The van der Waals surface area contributed by atoms with E-state index in [0.29, 0.717) is 50.8 Å². The van der Waals surface area contributed by atoms with Crippen molar-refractivity contribution in [3.8, 4) is 11.5 Å². The Bertz CT molecular complexity index is 1110. The molecule has 3 fully saturated rings. The van der Waals surface area contributed by atoms with Crippen LogP contribution < -0.4 is 5.32 Å². The summed E-state index contributed by atoms with van der Waals surface area (Å²) in [5.74, 6) is -2.19. The molecule has 4 rings (SSSR count). The second-order valence-corrected chi connectivity index (χ2v) is 12.3. The lowest BCUT2D eigenvalue weighted by Crippen LogP contribution is -2.46. The fourth-order valence-corrected chi connectivity index (χ4v) is 6.00. The highest BCUT2D eigenvalue weighted by atomic mass is 16.6. The van der Waals surface area contributed by atoms with Crippen molar-refractivity contribution >= 4 is 23.3 Å². The zero-order valence-electron chi connectivity index (χ0n) is 24.2. The first-order chi connectivity index (χ1) is 19.5. The predicted octanol–water partition coefficient (Wildman–Crippen LogP) is 2.57. The second kappa shape index (κ2) is 13.9. The molecule has 3 N–H and O–H groups in total. The van der Waals surface area contributed by atoms with Crippen molar-refractivity contribution in [2.24, 2.45) is 17.8 Å². The predicted molar refractivity (Wildman–Crippen MR) is 151 cm³/mol. The first-order valence-corrected chi connectivity index (χ1v) is 14.9. The van der Waals surface area contributed by atoms with Crippen LogP contribution >= 0.6 is 0 Å². The van der Waals surface area contributed by atoms with Crippen LogP contribution in [0.15, 0.2) is 18.2 Å². The third-order valence-electron chi connectivity index (χ3n) is 8.68. The lowest BCUT2D eigenvalue weighted by molar-refractivity contribution is -0.134. The van der Waals surface area contributed by atoms with Gasteiger partial charge in [-0.3, -0.25) is 24.1 Å². The molecule has 3 aliphatic rings. The molecule has 1 saturated carbocycles. The van der Waals surface area contributed by atoms with Gasteiger partial charge in [-0.25, -0.2) is 0 Å². The molecular formula is C31H44N2O8. The number of hydrogen-bond donors (Lipinski definition) is 3. The van der Waals surface area contributed by atoms with Crippen LogP contribution in [-0.4, -0.2) is 89.5 Å². The minimum atomic E-state index is -0.963. The molecule has 1 aromatic rings. The molecule has 10 heteroatoms. The highest BCUT2D eigenvalue weighted by Crippen LogP contribution is 2.37. The van der Waals surface area contributed by atoms with E-state index in [0.717, 1.165) is 25.7 Å². The van der Waals surface area contributed by atoms with Crippen molar-refractivity contribution in [1.29, 1.82) is 0 Å². The van der Waals surface area contributed by atoms with Gasteiger partial charge >= 0.3 is 0 Å². The molecule has 1 aromatic carbocycles. The lowest BCUT2D eigenvalue weighted by Gasteiger charge is -2.26. The number of carbonyl (C=O) groups excluding carboxylic acids is 4. The summed E-state index contributed by atoms with van der Waals surface area (Å²) >= 11 is 0. The number of nitrogens with one attached hydrogen (secondary N) is 1. The Kier molecular flexibility index (Phi) is 10.5. The van der Waals surface area contributed by atoms with Gasteiger partial charge in [0, 0.05) is 37.8 Å². The summed E-state index contributed by atoms with van der Waals surface area (Å²) in [6.07, 6.45) is 5.05. The largest absolute Gasteiger partial charge is 0.504 e. The van der Waals surface area contributed by atoms with Gasteiger partial charge in [-0.05, 0) is 43.4 Å². The number of epoxide rings is 1. The first kappa shape index (κ1) is 31.1. The Labute approximate surface area is 241 Å². The zero-order valence-corrected chi connectivity index (χ0v) is 24.2. The number of phenolic OH excluding ortho intramolecular Hbond substituents is 2. The van der Waals surface area contributed by atoms with E-state index < -0.39 is 29.4 Å². The van der Waals surface area contributed by atoms with Gasteiger partial charge in [-0.2, -0.15) is 0 Å². The van der Waals surface area contributed by atoms with Crippen molar-refractivity contribution < 1.29 is 38.9 Å². The van der Waals surface area contributed by atoms with E-state index in [2.05, 4.69) is 5.32 Å². The molecule has 0 bridgehead atoms. The molecular weight excluding hydrogens is 528 g/mol. The Morgan fingerprint density at radius 1 is 1.07 bits per heavy atom. The fourth-order valence-electron chi connectivity index (χ4n) is 6.00. The number of carbonyl (C=O) groups is 4.